The minimum absolute atomic E-state index is 0.00340. The highest BCUT2D eigenvalue weighted by Gasteiger charge is 2.19. The van der Waals surface area contributed by atoms with Gasteiger partial charge in [-0.1, -0.05) is 12.1 Å². The van der Waals surface area contributed by atoms with Gasteiger partial charge in [0.1, 0.15) is 0 Å². The van der Waals surface area contributed by atoms with E-state index in [1.165, 1.54) is 0 Å². The second kappa shape index (κ2) is 3.73. The van der Waals surface area contributed by atoms with Crippen LogP contribution in [-0.4, -0.2) is 16.1 Å². The molecule has 1 aliphatic rings. The number of aromatic amines is 1. The van der Waals surface area contributed by atoms with Crippen LogP contribution in [0.3, 0.4) is 0 Å². The molecule has 0 radical (unpaired) electrons. The second-order valence-corrected chi connectivity index (χ2v) is 4.08. The lowest BCUT2D eigenvalue weighted by Gasteiger charge is -2.05. The number of hydrogen-bond acceptors (Lipinski definition) is 4. The van der Waals surface area contributed by atoms with Gasteiger partial charge in [-0.05, 0) is 10.7 Å². The van der Waals surface area contributed by atoms with Gasteiger partial charge in [0, 0.05) is 24.0 Å². The first-order valence-corrected chi connectivity index (χ1v) is 5.41. The lowest BCUT2D eigenvalue weighted by molar-refractivity contribution is 0.241. The first-order valence-electron chi connectivity index (χ1n) is 5.41. The number of nitroso groups, excluding NO2 is 1. The van der Waals surface area contributed by atoms with Gasteiger partial charge in [-0.2, -0.15) is 0 Å². The Balaban J connectivity index is 2.26. The molecule has 0 fully saturated rings. The van der Waals surface area contributed by atoms with Crippen molar-refractivity contribution in [1.29, 1.82) is 0 Å². The van der Waals surface area contributed by atoms with Gasteiger partial charge in [0.05, 0.1) is 5.52 Å². The number of nitrogens with one attached hydrogen (secondary N) is 3. The summed E-state index contributed by atoms with van der Waals surface area (Å²) in [7, 11) is 0. The van der Waals surface area contributed by atoms with E-state index in [1.54, 1.807) is 6.07 Å². The van der Waals surface area contributed by atoms with E-state index >= 15 is 0 Å². The Kier molecular flexibility index (Phi) is 2.19. The van der Waals surface area contributed by atoms with E-state index in [4.69, 9.17) is 0 Å². The van der Waals surface area contributed by atoms with Crippen molar-refractivity contribution in [3.05, 3.63) is 28.2 Å². The lowest BCUT2D eigenvalue weighted by Crippen LogP contribution is -2.31. The Morgan fingerprint density at radius 1 is 1.22 bits per heavy atom. The molecule has 1 aromatic carbocycles. The van der Waals surface area contributed by atoms with Crippen LogP contribution >= 0.6 is 0 Å². The largest absolute Gasteiger partial charge is 0.493 e. The molecule has 0 atom stereocenters. The van der Waals surface area contributed by atoms with Crippen molar-refractivity contribution in [2.24, 2.45) is 5.18 Å². The smallest absolute Gasteiger partial charge is 0.315 e. The van der Waals surface area contributed by atoms with Crippen LogP contribution in [-0.2, 0) is 13.1 Å². The quantitative estimate of drug-likeness (QED) is 0.574. The third-order valence-electron chi connectivity index (χ3n) is 3.09. The number of carbonyl (C=O) groups excluding carboxylic acids is 1. The molecule has 18 heavy (non-hydrogen) atoms. The molecule has 0 aliphatic carbocycles. The maximum absolute atomic E-state index is 11.3. The van der Waals surface area contributed by atoms with E-state index in [0.29, 0.717) is 24.0 Å². The number of fused-ring (bicyclic) bond motifs is 3. The topological polar surface area (TPSA) is 107 Å². The van der Waals surface area contributed by atoms with E-state index in [2.05, 4.69) is 20.8 Å². The summed E-state index contributed by atoms with van der Waals surface area (Å²) in [5.41, 5.74) is 2.40. The molecule has 1 aliphatic heterocycles. The van der Waals surface area contributed by atoms with Crippen molar-refractivity contribution in [1.82, 2.24) is 15.6 Å². The van der Waals surface area contributed by atoms with Crippen LogP contribution < -0.4 is 10.6 Å². The Morgan fingerprint density at radius 2 is 2.00 bits per heavy atom. The molecule has 1 aromatic heterocycles. The summed E-state index contributed by atoms with van der Waals surface area (Å²) in [4.78, 5) is 24.7. The number of benzene rings is 1. The van der Waals surface area contributed by atoms with Crippen molar-refractivity contribution < 1.29 is 9.90 Å². The summed E-state index contributed by atoms with van der Waals surface area (Å²) in [5, 5.41) is 18.3. The van der Waals surface area contributed by atoms with Crippen molar-refractivity contribution in [3.63, 3.8) is 0 Å². The fourth-order valence-corrected chi connectivity index (χ4v) is 2.20. The summed E-state index contributed by atoms with van der Waals surface area (Å²) in [6.45, 7) is 0.734. The second-order valence-electron chi connectivity index (χ2n) is 4.08. The fraction of sp³-hybridized carbons (Fsp3) is 0.182. The summed E-state index contributed by atoms with van der Waals surface area (Å²) >= 11 is 0. The molecular formula is C11H10N4O3. The molecule has 2 aromatic rings. The van der Waals surface area contributed by atoms with Gasteiger partial charge in [-0.15, -0.1) is 4.91 Å². The number of H-pyrrole nitrogens is 1. The van der Waals surface area contributed by atoms with Crippen molar-refractivity contribution in [2.45, 2.75) is 13.1 Å². The van der Waals surface area contributed by atoms with Crippen molar-refractivity contribution in [3.8, 4) is 5.88 Å². The Hall–Kier alpha value is -2.57. The summed E-state index contributed by atoms with van der Waals surface area (Å²) in [5.74, 6) is -0.253. The number of nitrogens with zero attached hydrogens (tertiary/aromatic N) is 1. The molecule has 4 N–H and O–H groups in total. The summed E-state index contributed by atoms with van der Waals surface area (Å²) in [6.07, 6.45) is 0. The number of rotatable bonds is 1. The molecule has 3 rings (SSSR count). The van der Waals surface area contributed by atoms with Gasteiger partial charge in [-0.25, -0.2) is 4.79 Å². The SMILES string of the molecule is O=Nc1c(O)[nH]c2c3c(ccc12)CNC(=O)NC3. The average Bonchev–Trinajstić information content (AvgIpc) is 2.56. The average molecular weight is 246 g/mol. The molecule has 7 heteroatoms. The number of amides is 2. The van der Waals surface area contributed by atoms with E-state index < -0.39 is 0 Å². The molecule has 92 valence electrons. The Labute approximate surface area is 101 Å². The van der Waals surface area contributed by atoms with Gasteiger partial charge in [-0.3, -0.25) is 0 Å². The molecule has 2 amide bonds. The first kappa shape index (κ1) is 10.6. The van der Waals surface area contributed by atoms with Gasteiger partial charge < -0.3 is 20.7 Å². The molecule has 0 bridgehead atoms. The van der Waals surface area contributed by atoms with Crippen LogP contribution in [0.4, 0.5) is 10.5 Å². The summed E-state index contributed by atoms with van der Waals surface area (Å²) < 4.78 is 0. The molecule has 0 saturated heterocycles. The maximum Gasteiger partial charge on any atom is 0.315 e. The van der Waals surface area contributed by atoms with Gasteiger partial charge in [0.15, 0.2) is 5.69 Å². The monoisotopic (exact) mass is 246 g/mol. The number of urea groups is 1. The highest BCUT2D eigenvalue weighted by atomic mass is 16.3. The number of hydrogen-bond donors (Lipinski definition) is 4. The van der Waals surface area contributed by atoms with Gasteiger partial charge in [0.2, 0.25) is 5.88 Å². The van der Waals surface area contributed by atoms with Crippen LogP contribution in [0, 0.1) is 4.91 Å². The highest BCUT2D eigenvalue weighted by molar-refractivity contribution is 5.97. The van der Waals surface area contributed by atoms with E-state index in [9.17, 15) is 14.8 Å². The molecule has 0 spiro atoms. The predicted molar refractivity (Wildman–Crippen MR) is 64.5 cm³/mol. The van der Waals surface area contributed by atoms with Crippen LogP contribution in [0.25, 0.3) is 10.9 Å². The van der Waals surface area contributed by atoms with E-state index in [-0.39, 0.29) is 17.6 Å². The zero-order chi connectivity index (χ0) is 12.7. The van der Waals surface area contributed by atoms with Crippen LogP contribution in [0.5, 0.6) is 5.88 Å². The lowest BCUT2D eigenvalue weighted by atomic mass is 10.0. The number of aromatic hydroxyl groups is 1. The molecule has 2 heterocycles. The van der Waals surface area contributed by atoms with Crippen molar-refractivity contribution in [2.75, 3.05) is 0 Å². The molecule has 0 unspecified atom stereocenters. The molecular weight excluding hydrogens is 236 g/mol. The van der Waals surface area contributed by atoms with Crippen molar-refractivity contribution >= 4 is 22.6 Å². The zero-order valence-corrected chi connectivity index (χ0v) is 9.28. The minimum Gasteiger partial charge on any atom is -0.493 e. The predicted octanol–water partition coefficient (Wildman–Crippen LogP) is 1.58. The van der Waals surface area contributed by atoms with Crippen LogP contribution in [0.2, 0.25) is 0 Å². The van der Waals surface area contributed by atoms with E-state index in [0.717, 1.165) is 11.1 Å². The minimum atomic E-state index is -0.253. The summed E-state index contributed by atoms with van der Waals surface area (Å²) in [6, 6.07) is 3.27. The third kappa shape index (κ3) is 1.41. The number of aromatic nitrogens is 1. The first-order chi connectivity index (χ1) is 8.70. The Bertz CT molecular complexity index is 662. The molecule has 7 nitrogen and oxygen atoms in total. The zero-order valence-electron chi connectivity index (χ0n) is 9.28. The van der Waals surface area contributed by atoms with Gasteiger partial charge in [0.25, 0.3) is 0 Å². The number of carbonyl (C=O) groups is 1. The standard InChI is InChI=1S/C11H10N4O3/c16-10-9(15-18)6-2-1-5-3-12-11(17)13-4-7(5)8(6)14-10/h1-2,14,16H,3-4H2,(H2,12,13,17). The fourth-order valence-electron chi connectivity index (χ4n) is 2.20. The maximum atomic E-state index is 11.3. The van der Waals surface area contributed by atoms with E-state index in [1.807, 2.05) is 6.07 Å². The van der Waals surface area contributed by atoms with Crippen LogP contribution in [0.1, 0.15) is 11.1 Å². The highest BCUT2D eigenvalue weighted by Crippen LogP contribution is 2.37. The third-order valence-corrected chi connectivity index (χ3v) is 3.09. The van der Waals surface area contributed by atoms with Crippen LogP contribution in [0.15, 0.2) is 17.3 Å². The van der Waals surface area contributed by atoms with Gasteiger partial charge >= 0.3 is 6.03 Å². The Morgan fingerprint density at radius 3 is 2.78 bits per heavy atom. The molecule has 0 saturated carbocycles. The normalized spacial score (nSPS) is 14.6.